The zero-order valence-corrected chi connectivity index (χ0v) is 10.1. The van der Waals surface area contributed by atoms with Crippen LogP contribution in [-0.2, 0) is 9.53 Å². The SMILES string of the molecule is CC1CCC(CCC(=O)N2CCNCC2)O1. The van der Waals surface area contributed by atoms with Gasteiger partial charge in [-0.2, -0.15) is 0 Å². The third-order valence-corrected chi connectivity index (χ3v) is 3.47. The topological polar surface area (TPSA) is 41.6 Å². The van der Waals surface area contributed by atoms with Crippen molar-refractivity contribution in [3.63, 3.8) is 0 Å². The first-order valence-electron chi connectivity index (χ1n) is 6.39. The Bertz CT molecular complexity index is 239. The monoisotopic (exact) mass is 226 g/mol. The normalized spacial score (nSPS) is 30.7. The Kier molecular flexibility index (Phi) is 4.18. The summed E-state index contributed by atoms with van der Waals surface area (Å²) in [4.78, 5) is 13.8. The fourth-order valence-corrected chi connectivity index (χ4v) is 2.45. The molecule has 0 spiro atoms. The van der Waals surface area contributed by atoms with Crippen molar-refractivity contribution >= 4 is 5.91 Å². The first-order chi connectivity index (χ1) is 7.75. The van der Waals surface area contributed by atoms with Crippen LogP contribution in [0.25, 0.3) is 0 Å². The van der Waals surface area contributed by atoms with E-state index in [1.165, 1.54) is 0 Å². The average Bonchev–Trinajstić information content (AvgIpc) is 2.73. The van der Waals surface area contributed by atoms with Gasteiger partial charge in [0, 0.05) is 32.6 Å². The molecule has 92 valence electrons. The van der Waals surface area contributed by atoms with Crippen LogP contribution in [-0.4, -0.2) is 49.2 Å². The van der Waals surface area contributed by atoms with E-state index in [0.717, 1.165) is 45.4 Å². The van der Waals surface area contributed by atoms with Gasteiger partial charge >= 0.3 is 0 Å². The van der Waals surface area contributed by atoms with Crippen molar-refractivity contribution in [2.75, 3.05) is 26.2 Å². The van der Waals surface area contributed by atoms with E-state index in [-0.39, 0.29) is 0 Å². The molecule has 16 heavy (non-hydrogen) atoms. The van der Waals surface area contributed by atoms with Crippen molar-refractivity contribution in [2.45, 2.75) is 44.8 Å². The molecule has 4 nitrogen and oxygen atoms in total. The lowest BCUT2D eigenvalue weighted by molar-refractivity contribution is -0.132. The van der Waals surface area contributed by atoms with E-state index in [1.807, 2.05) is 4.90 Å². The minimum absolute atomic E-state index is 0.296. The molecule has 2 aliphatic rings. The van der Waals surface area contributed by atoms with Crippen LogP contribution in [0.5, 0.6) is 0 Å². The van der Waals surface area contributed by atoms with Gasteiger partial charge in [-0.25, -0.2) is 0 Å². The fraction of sp³-hybridized carbons (Fsp3) is 0.917. The molecule has 0 radical (unpaired) electrons. The first-order valence-corrected chi connectivity index (χ1v) is 6.39. The molecule has 1 N–H and O–H groups in total. The molecule has 2 rings (SSSR count). The van der Waals surface area contributed by atoms with Crippen molar-refractivity contribution in [1.29, 1.82) is 0 Å². The molecule has 0 aromatic rings. The van der Waals surface area contributed by atoms with Gasteiger partial charge in [0.25, 0.3) is 0 Å². The van der Waals surface area contributed by atoms with Crippen LogP contribution in [0.15, 0.2) is 0 Å². The van der Waals surface area contributed by atoms with E-state index in [1.54, 1.807) is 0 Å². The molecule has 2 atom stereocenters. The molecular formula is C12H22N2O2. The molecule has 2 fully saturated rings. The summed E-state index contributed by atoms with van der Waals surface area (Å²) >= 11 is 0. The summed E-state index contributed by atoms with van der Waals surface area (Å²) in [5, 5.41) is 3.25. The van der Waals surface area contributed by atoms with Gasteiger partial charge in [0.2, 0.25) is 5.91 Å². The predicted molar refractivity (Wildman–Crippen MR) is 62.3 cm³/mol. The maximum atomic E-state index is 11.9. The lowest BCUT2D eigenvalue weighted by atomic mass is 10.1. The standard InChI is InChI=1S/C12H22N2O2/c1-10-2-3-11(16-10)4-5-12(15)14-8-6-13-7-9-14/h10-11,13H,2-9H2,1H3. The number of carbonyl (C=O) groups is 1. The van der Waals surface area contributed by atoms with E-state index in [9.17, 15) is 4.79 Å². The zero-order chi connectivity index (χ0) is 11.4. The fourth-order valence-electron chi connectivity index (χ4n) is 2.45. The molecule has 2 saturated heterocycles. The summed E-state index contributed by atoms with van der Waals surface area (Å²) < 4.78 is 5.72. The lowest BCUT2D eigenvalue weighted by Crippen LogP contribution is -2.46. The predicted octanol–water partition coefficient (Wildman–Crippen LogP) is 0.766. The highest BCUT2D eigenvalue weighted by atomic mass is 16.5. The second kappa shape index (κ2) is 5.64. The van der Waals surface area contributed by atoms with E-state index >= 15 is 0 Å². The third kappa shape index (κ3) is 3.19. The van der Waals surface area contributed by atoms with Crippen LogP contribution < -0.4 is 5.32 Å². The van der Waals surface area contributed by atoms with E-state index in [0.29, 0.717) is 24.5 Å². The highest BCUT2D eigenvalue weighted by Gasteiger charge is 2.23. The number of ether oxygens (including phenoxy) is 1. The van der Waals surface area contributed by atoms with Crippen molar-refractivity contribution in [3.8, 4) is 0 Å². The molecule has 0 aromatic heterocycles. The number of nitrogens with zero attached hydrogens (tertiary/aromatic N) is 1. The summed E-state index contributed by atoms with van der Waals surface area (Å²) in [6.07, 6.45) is 4.52. The van der Waals surface area contributed by atoms with Gasteiger partial charge in [-0.05, 0) is 26.2 Å². The smallest absolute Gasteiger partial charge is 0.222 e. The summed E-state index contributed by atoms with van der Waals surface area (Å²) in [6.45, 7) is 5.70. The van der Waals surface area contributed by atoms with Crippen molar-refractivity contribution in [2.24, 2.45) is 0 Å². The highest BCUT2D eigenvalue weighted by Crippen LogP contribution is 2.22. The van der Waals surface area contributed by atoms with Crippen LogP contribution in [0.4, 0.5) is 0 Å². The van der Waals surface area contributed by atoms with E-state index in [2.05, 4.69) is 12.2 Å². The van der Waals surface area contributed by atoms with Gasteiger partial charge in [-0.15, -0.1) is 0 Å². The molecule has 2 unspecified atom stereocenters. The number of piperazine rings is 1. The Morgan fingerprint density at radius 3 is 2.75 bits per heavy atom. The molecule has 4 heteroatoms. The van der Waals surface area contributed by atoms with Gasteiger partial charge in [-0.1, -0.05) is 0 Å². The molecule has 0 saturated carbocycles. The molecule has 0 aliphatic carbocycles. The second-order valence-corrected chi connectivity index (χ2v) is 4.82. The molecule has 0 bridgehead atoms. The largest absolute Gasteiger partial charge is 0.375 e. The van der Waals surface area contributed by atoms with Crippen molar-refractivity contribution in [1.82, 2.24) is 10.2 Å². The number of hydrogen-bond donors (Lipinski definition) is 1. The van der Waals surface area contributed by atoms with Gasteiger partial charge in [0.15, 0.2) is 0 Å². The molecule has 1 amide bonds. The van der Waals surface area contributed by atoms with E-state index in [4.69, 9.17) is 4.74 Å². The highest BCUT2D eigenvalue weighted by molar-refractivity contribution is 5.76. The summed E-state index contributed by atoms with van der Waals surface area (Å²) in [6, 6.07) is 0. The quantitative estimate of drug-likeness (QED) is 0.772. The van der Waals surface area contributed by atoms with Gasteiger partial charge in [0.05, 0.1) is 12.2 Å². The van der Waals surface area contributed by atoms with Crippen LogP contribution in [0.1, 0.15) is 32.6 Å². The number of nitrogens with one attached hydrogen (secondary N) is 1. The van der Waals surface area contributed by atoms with Crippen molar-refractivity contribution < 1.29 is 9.53 Å². The van der Waals surface area contributed by atoms with Crippen LogP contribution >= 0.6 is 0 Å². The first kappa shape index (κ1) is 11.9. The zero-order valence-electron chi connectivity index (χ0n) is 10.1. The van der Waals surface area contributed by atoms with Crippen LogP contribution in [0.3, 0.4) is 0 Å². The Morgan fingerprint density at radius 2 is 2.12 bits per heavy atom. The average molecular weight is 226 g/mol. The summed E-state index contributed by atoms with van der Waals surface area (Å²) in [5.74, 6) is 0.296. The van der Waals surface area contributed by atoms with Crippen LogP contribution in [0.2, 0.25) is 0 Å². The maximum absolute atomic E-state index is 11.9. The molecule has 2 aliphatic heterocycles. The minimum Gasteiger partial charge on any atom is -0.375 e. The Balaban J connectivity index is 1.66. The van der Waals surface area contributed by atoms with Gasteiger partial charge in [-0.3, -0.25) is 4.79 Å². The summed E-state index contributed by atoms with van der Waals surface area (Å²) in [7, 11) is 0. The minimum atomic E-state index is 0.296. The molecule has 2 heterocycles. The second-order valence-electron chi connectivity index (χ2n) is 4.82. The number of rotatable bonds is 3. The Hall–Kier alpha value is -0.610. The lowest BCUT2D eigenvalue weighted by Gasteiger charge is -2.27. The van der Waals surface area contributed by atoms with Gasteiger partial charge in [0.1, 0.15) is 0 Å². The van der Waals surface area contributed by atoms with Crippen molar-refractivity contribution in [3.05, 3.63) is 0 Å². The number of hydrogen-bond acceptors (Lipinski definition) is 3. The third-order valence-electron chi connectivity index (χ3n) is 3.47. The Morgan fingerprint density at radius 1 is 1.38 bits per heavy atom. The van der Waals surface area contributed by atoms with E-state index < -0.39 is 0 Å². The van der Waals surface area contributed by atoms with Gasteiger partial charge < -0.3 is 15.0 Å². The molecular weight excluding hydrogens is 204 g/mol. The summed E-state index contributed by atoms with van der Waals surface area (Å²) in [5.41, 5.74) is 0. The molecule has 0 aromatic carbocycles. The number of carbonyl (C=O) groups excluding carboxylic acids is 1. The number of amides is 1. The maximum Gasteiger partial charge on any atom is 0.222 e. The Labute approximate surface area is 97.3 Å². The van der Waals surface area contributed by atoms with Crippen LogP contribution in [0, 0.1) is 0 Å².